The Balaban J connectivity index is 1.36. The lowest BCUT2D eigenvalue weighted by molar-refractivity contribution is -0.118. The molecule has 0 aliphatic carbocycles. The van der Waals surface area contributed by atoms with E-state index in [4.69, 9.17) is 4.74 Å². The SMILES string of the molecule is CC(C)COc1ccc(CCNC(=O)CSCc2cc(=O)n3ccsc3n2)cc1. The highest BCUT2D eigenvalue weighted by Crippen LogP contribution is 2.14. The van der Waals surface area contributed by atoms with Crippen molar-refractivity contribution in [3.8, 4) is 5.75 Å². The number of ether oxygens (including phenoxy) is 1. The van der Waals surface area contributed by atoms with E-state index in [1.807, 2.05) is 29.6 Å². The minimum Gasteiger partial charge on any atom is -0.493 e. The van der Waals surface area contributed by atoms with E-state index in [2.05, 4.69) is 24.1 Å². The largest absolute Gasteiger partial charge is 0.493 e. The third-order valence-corrected chi connectivity index (χ3v) is 5.80. The first-order chi connectivity index (χ1) is 14.0. The van der Waals surface area contributed by atoms with Crippen molar-refractivity contribution in [3.63, 3.8) is 0 Å². The summed E-state index contributed by atoms with van der Waals surface area (Å²) in [5.41, 5.74) is 1.77. The Morgan fingerprint density at radius 2 is 2.10 bits per heavy atom. The Labute approximate surface area is 178 Å². The quantitative estimate of drug-likeness (QED) is 0.533. The highest BCUT2D eigenvalue weighted by atomic mass is 32.2. The summed E-state index contributed by atoms with van der Waals surface area (Å²) in [5, 5.41) is 4.77. The van der Waals surface area contributed by atoms with Crippen LogP contribution in [0.15, 0.2) is 46.7 Å². The van der Waals surface area contributed by atoms with Gasteiger partial charge < -0.3 is 10.1 Å². The fraction of sp³-hybridized carbons (Fsp3) is 0.381. The molecule has 1 N–H and O–H groups in total. The standard InChI is InChI=1S/C21H25N3O3S2/c1-15(2)12-27-18-5-3-16(4-6-18)7-8-22-19(25)14-28-13-17-11-20(26)24-9-10-29-21(24)23-17/h3-6,9-11,15H,7-8,12-14H2,1-2H3,(H,22,25). The number of amides is 1. The Morgan fingerprint density at radius 3 is 2.86 bits per heavy atom. The molecule has 0 radical (unpaired) electrons. The van der Waals surface area contributed by atoms with Crippen LogP contribution in [0.5, 0.6) is 5.75 Å². The molecule has 0 atom stereocenters. The molecule has 3 aromatic rings. The van der Waals surface area contributed by atoms with Crippen LogP contribution in [0.3, 0.4) is 0 Å². The van der Waals surface area contributed by atoms with E-state index >= 15 is 0 Å². The molecule has 0 unspecified atom stereocenters. The summed E-state index contributed by atoms with van der Waals surface area (Å²) < 4.78 is 7.20. The molecule has 0 saturated heterocycles. The highest BCUT2D eigenvalue weighted by Gasteiger charge is 2.06. The molecule has 0 saturated carbocycles. The molecule has 2 heterocycles. The van der Waals surface area contributed by atoms with Crippen LogP contribution in [0, 0.1) is 5.92 Å². The molecule has 1 aromatic carbocycles. The minimum absolute atomic E-state index is 0.0131. The summed E-state index contributed by atoms with van der Waals surface area (Å²) in [6, 6.07) is 9.52. The maximum atomic E-state index is 12.0. The Bertz CT molecular complexity index is 996. The minimum atomic E-state index is -0.0862. The number of carbonyl (C=O) groups is 1. The summed E-state index contributed by atoms with van der Waals surface area (Å²) in [5.74, 6) is 2.23. The van der Waals surface area contributed by atoms with Gasteiger partial charge in [0.15, 0.2) is 4.96 Å². The first kappa shape index (κ1) is 21.4. The maximum Gasteiger partial charge on any atom is 0.258 e. The van der Waals surface area contributed by atoms with Crippen molar-refractivity contribution in [3.05, 3.63) is 63.5 Å². The van der Waals surface area contributed by atoms with Crippen molar-refractivity contribution in [1.29, 1.82) is 0 Å². The number of nitrogens with zero attached hydrogens (tertiary/aromatic N) is 2. The van der Waals surface area contributed by atoms with Crippen molar-refractivity contribution in [2.45, 2.75) is 26.0 Å². The highest BCUT2D eigenvalue weighted by molar-refractivity contribution is 7.99. The number of aromatic nitrogens is 2. The zero-order valence-electron chi connectivity index (χ0n) is 16.6. The molecule has 3 rings (SSSR count). The van der Waals surface area contributed by atoms with E-state index in [0.717, 1.165) is 17.7 Å². The molecule has 0 aliphatic rings. The summed E-state index contributed by atoms with van der Waals surface area (Å²) in [6.07, 6.45) is 2.49. The van der Waals surface area contributed by atoms with Crippen LogP contribution < -0.4 is 15.6 Å². The molecule has 0 spiro atoms. The normalized spacial score (nSPS) is 11.1. The first-order valence-electron chi connectivity index (χ1n) is 9.53. The molecular formula is C21H25N3O3S2. The summed E-state index contributed by atoms with van der Waals surface area (Å²) in [7, 11) is 0. The fourth-order valence-electron chi connectivity index (χ4n) is 2.62. The molecule has 8 heteroatoms. The number of carbonyl (C=O) groups excluding carboxylic acids is 1. The number of benzene rings is 1. The van der Waals surface area contributed by atoms with Gasteiger partial charge in [0.1, 0.15) is 5.75 Å². The van der Waals surface area contributed by atoms with Gasteiger partial charge in [-0.3, -0.25) is 14.0 Å². The second-order valence-electron chi connectivity index (χ2n) is 7.08. The maximum absolute atomic E-state index is 12.0. The fourth-order valence-corrected chi connectivity index (χ4v) is 4.11. The number of fused-ring (bicyclic) bond motifs is 1. The van der Waals surface area contributed by atoms with Gasteiger partial charge in [-0.1, -0.05) is 26.0 Å². The molecule has 1 amide bonds. The van der Waals surface area contributed by atoms with Crippen LogP contribution in [0.2, 0.25) is 0 Å². The summed E-state index contributed by atoms with van der Waals surface area (Å²) in [6.45, 7) is 5.54. The number of thioether (sulfide) groups is 1. The van der Waals surface area contributed by atoms with Crippen molar-refractivity contribution < 1.29 is 9.53 Å². The Kier molecular flexibility index (Phi) is 7.71. The monoisotopic (exact) mass is 431 g/mol. The van der Waals surface area contributed by atoms with Crippen molar-refractivity contribution in [2.75, 3.05) is 18.9 Å². The van der Waals surface area contributed by atoms with E-state index in [1.54, 1.807) is 6.20 Å². The van der Waals surface area contributed by atoms with Gasteiger partial charge in [0.05, 0.1) is 18.1 Å². The summed E-state index contributed by atoms with van der Waals surface area (Å²) >= 11 is 2.88. The van der Waals surface area contributed by atoms with Gasteiger partial charge in [0, 0.05) is 29.9 Å². The molecule has 2 aromatic heterocycles. The van der Waals surface area contributed by atoms with Gasteiger partial charge >= 0.3 is 0 Å². The van der Waals surface area contributed by atoms with Gasteiger partial charge in [-0.2, -0.15) is 0 Å². The molecule has 0 aliphatic heterocycles. The molecule has 154 valence electrons. The van der Waals surface area contributed by atoms with E-state index in [0.29, 0.717) is 41.2 Å². The van der Waals surface area contributed by atoms with Gasteiger partial charge in [-0.25, -0.2) is 4.98 Å². The molecule has 0 bridgehead atoms. The lowest BCUT2D eigenvalue weighted by atomic mass is 10.1. The molecule has 0 fully saturated rings. The van der Waals surface area contributed by atoms with Gasteiger partial charge in [0.2, 0.25) is 5.91 Å². The number of hydrogen-bond donors (Lipinski definition) is 1. The van der Waals surface area contributed by atoms with Crippen LogP contribution in [-0.2, 0) is 17.0 Å². The average Bonchev–Trinajstić information content (AvgIpc) is 3.16. The van der Waals surface area contributed by atoms with E-state index < -0.39 is 0 Å². The lowest BCUT2D eigenvalue weighted by Gasteiger charge is -2.09. The zero-order valence-corrected chi connectivity index (χ0v) is 18.2. The lowest BCUT2D eigenvalue weighted by Crippen LogP contribution is -2.27. The van der Waals surface area contributed by atoms with Crippen molar-refractivity contribution in [1.82, 2.24) is 14.7 Å². The van der Waals surface area contributed by atoms with Crippen LogP contribution in [0.4, 0.5) is 0 Å². The van der Waals surface area contributed by atoms with Gasteiger partial charge in [-0.15, -0.1) is 23.1 Å². The van der Waals surface area contributed by atoms with Crippen LogP contribution >= 0.6 is 23.1 Å². The molecule has 29 heavy (non-hydrogen) atoms. The molecular weight excluding hydrogens is 406 g/mol. The van der Waals surface area contributed by atoms with E-state index in [1.165, 1.54) is 33.6 Å². The number of hydrogen-bond acceptors (Lipinski definition) is 6. The van der Waals surface area contributed by atoms with Crippen molar-refractivity contribution in [2.24, 2.45) is 5.92 Å². The predicted molar refractivity (Wildman–Crippen MR) is 119 cm³/mol. The van der Waals surface area contributed by atoms with Crippen molar-refractivity contribution >= 4 is 34.0 Å². The van der Waals surface area contributed by atoms with Crippen LogP contribution in [-0.4, -0.2) is 34.2 Å². The number of nitrogens with one attached hydrogen (secondary N) is 1. The summed E-state index contributed by atoms with van der Waals surface area (Å²) in [4.78, 5) is 29.1. The second-order valence-corrected chi connectivity index (χ2v) is 8.94. The smallest absolute Gasteiger partial charge is 0.258 e. The molecule has 6 nitrogen and oxygen atoms in total. The first-order valence-corrected chi connectivity index (χ1v) is 11.6. The predicted octanol–water partition coefficient (Wildman–Crippen LogP) is 3.38. The second kappa shape index (κ2) is 10.5. The average molecular weight is 432 g/mol. The Morgan fingerprint density at radius 1 is 1.31 bits per heavy atom. The van der Waals surface area contributed by atoms with Gasteiger partial charge in [-0.05, 0) is 30.0 Å². The van der Waals surface area contributed by atoms with E-state index in [-0.39, 0.29) is 11.5 Å². The third-order valence-electron chi connectivity index (χ3n) is 4.08. The topological polar surface area (TPSA) is 72.7 Å². The van der Waals surface area contributed by atoms with Crippen LogP contribution in [0.1, 0.15) is 25.1 Å². The Hall–Kier alpha value is -2.32. The third kappa shape index (κ3) is 6.61. The van der Waals surface area contributed by atoms with E-state index in [9.17, 15) is 9.59 Å². The van der Waals surface area contributed by atoms with Gasteiger partial charge in [0.25, 0.3) is 5.56 Å². The van der Waals surface area contributed by atoms with Crippen LogP contribution in [0.25, 0.3) is 4.96 Å². The number of rotatable bonds is 10. The zero-order chi connectivity index (χ0) is 20.6. The number of thiazole rings is 1.